The number of rotatable bonds is 4. The topological polar surface area (TPSA) is 84.9 Å². The van der Waals surface area contributed by atoms with E-state index < -0.39 is 5.60 Å². The molecule has 4 rings (SSSR count). The molecule has 2 aromatic carbocycles. The maximum absolute atomic E-state index is 11.8. The van der Waals surface area contributed by atoms with E-state index in [9.17, 15) is 14.7 Å². The van der Waals surface area contributed by atoms with E-state index >= 15 is 0 Å². The molecular weight excluding hydrogens is 503 g/mol. The third-order valence-electron chi connectivity index (χ3n) is 5.93. The monoisotopic (exact) mass is 528 g/mol. The summed E-state index contributed by atoms with van der Waals surface area (Å²) in [5, 5.41) is 12.2. The molecule has 8 heteroatoms. The van der Waals surface area contributed by atoms with Gasteiger partial charge < -0.3 is 14.6 Å². The van der Waals surface area contributed by atoms with Crippen molar-refractivity contribution < 1.29 is 56.9 Å². The third kappa shape index (κ3) is 4.90. The fourth-order valence-electron chi connectivity index (χ4n) is 3.90. The van der Waals surface area contributed by atoms with Crippen LogP contribution in [0.1, 0.15) is 41.2 Å². The minimum absolute atomic E-state index is 0. The summed E-state index contributed by atoms with van der Waals surface area (Å²) < 4.78 is 12.5. The Kier molecular flexibility index (Phi) is 7.42. The molecule has 1 atom stereocenters. The molecule has 2 amide bonds. The molecule has 0 aromatic heterocycles. The summed E-state index contributed by atoms with van der Waals surface area (Å²) in [5.41, 5.74) is 4.02. The second kappa shape index (κ2) is 9.58. The number of phenols is 1. The molecule has 1 saturated heterocycles. The van der Waals surface area contributed by atoms with E-state index in [4.69, 9.17) is 9.47 Å². The predicted octanol–water partition coefficient (Wildman–Crippen LogP) is 4.80. The second-order valence-electron chi connectivity index (χ2n) is 8.30. The summed E-state index contributed by atoms with van der Waals surface area (Å²) in [6.45, 7) is 8.20. The van der Waals surface area contributed by atoms with Crippen LogP contribution in [0.3, 0.4) is 0 Å². The van der Waals surface area contributed by atoms with E-state index in [1.165, 1.54) is 0 Å². The van der Waals surface area contributed by atoms with Crippen molar-refractivity contribution in [1.82, 2.24) is 5.32 Å². The van der Waals surface area contributed by atoms with Crippen molar-refractivity contribution in [3.8, 4) is 17.2 Å². The number of hydrogen-bond acceptors (Lipinski definition) is 6. The van der Waals surface area contributed by atoms with Gasteiger partial charge in [-0.15, -0.1) is 0 Å². The smallest absolute Gasteiger partial charge is 0.290 e. The van der Waals surface area contributed by atoms with Crippen LogP contribution in [0.2, 0.25) is 0 Å². The quantitative estimate of drug-likeness (QED) is 0.555. The number of nitrogens with one attached hydrogen (secondary N) is 1. The average molecular weight is 528 g/mol. The van der Waals surface area contributed by atoms with E-state index in [1.807, 2.05) is 52.0 Å². The molecule has 165 valence electrons. The molecule has 2 aliphatic heterocycles. The summed E-state index contributed by atoms with van der Waals surface area (Å²) in [6, 6.07) is 7.39. The number of fused-ring (bicyclic) bond motifs is 1. The van der Waals surface area contributed by atoms with E-state index in [2.05, 4.69) is 5.32 Å². The number of aromatic hydroxyl groups is 1. The van der Waals surface area contributed by atoms with Crippen LogP contribution in [0.15, 0.2) is 29.2 Å². The van der Waals surface area contributed by atoms with Crippen LogP contribution >= 0.6 is 11.8 Å². The number of amides is 2. The fraction of sp³-hybridized carbons (Fsp3) is 0.333. The number of ether oxygens (including phenoxy) is 2. The van der Waals surface area contributed by atoms with Crippen molar-refractivity contribution in [3.05, 3.63) is 57.0 Å². The van der Waals surface area contributed by atoms with Crippen molar-refractivity contribution >= 4 is 29.0 Å². The Bertz CT molecular complexity index is 1130. The normalized spacial score (nSPS) is 20.9. The van der Waals surface area contributed by atoms with Gasteiger partial charge in [-0.1, -0.05) is 12.1 Å². The SMILES string of the molecule is Cc1c(C)c2c(c(C)c1O)CCC(C)(COc1cccc(/C=C3\SC(=O)NC3=O)c1)O2.[Y]. The molecule has 2 aliphatic rings. The van der Waals surface area contributed by atoms with Gasteiger partial charge in [0.05, 0.1) is 4.91 Å². The van der Waals surface area contributed by atoms with E-state index in [0.29, 0.717) is 23.0 Å². The molecule has 32 heavy (non-hydrogen) atoms. The van der Waals surface area contributed by atoms with Gasteiger partial charge in [0.15, 0.2) is 0 Å². The third-order valence-corrected chi connectivity index (χ3v) is 6.75. The minimum Gasteiger partial charge on any atom is -0.507 e. The number of benzene rings is 2. The zero-order valence-corrected chi connectivity index (χ0v) is 22.2. The average Bonchev–Trinajstić information content (AvgIpc) is 3.06. The maximum atomic E-state index is 11.8. The Morgan fingerprint density at radius 3 is 2.66 bits per heavy atom. The molecule has 0 bridgehead atoms. The largest absolute Gasteiger partial charge is 0.507 e. The van der Waals surface area contributed by atoms with Crippen molar-refractivity contribution in [2.75, 3.05) is 6.61 Å². The van der Waals surface area contributed by atoms with Crippen LogP contribution in [0, 0.1) is 20.8 Å². The number of imide groups is 1. The van der Waals surface area contributed by atoms with Gasteiger partial charge in [0.2, 0.25) is 0 Å². The van der Waals surface area contributed by atoms with Crippen LogP contribution < -0.4 is 14.8 Å². The summed E-state index contributed by atoms with van der Waals surface area (Å²) in [4.78, 5) is 23.5. The van der Waals surface area contributed by atoms with Crippen molar-refractivity contribution in [2.45, 2.75) is 46.1 Å². The van der Waals surface area contributed by atoms with Crippen LogP contribution in [-0.2, 0) is 43.9 Å². The predicted molar refractivity (Wildman–Crippen MR) is 121 cm³/mol. The Balaban J connectivity index is 0.00000289. The van der Waals surface area contributed by atoms with E-state index in [1.54, 1.807) is 6.08 Å². The summed E-state index contributed by atoms with van der Waals surface area (Å²) in [6.07, 6.45) is 3.25. The number of phenolic OH excluding ortho intramolecular Hbond substituents is 1. The number of carbonyl (C=O) groups is 2. The Hall–Kier alpha value is -1.83. The molecule has 1 radical (unpaired) electrons. The van der Waals surface area contributed by atoms with Gasteiger partial charge in [-0.2, -0.15) is 0 Å². The first-order valence-electron chi connectivity index (χ1n) is 10.2. The minimum atomic E-state index is -0.504. The van der Waals surface area contributed by atoms with Gasteiger partial charge in [-0.25, -0.2) is 0 Å². The molecule has 1 unspecified atom stereocenters. The molecule has 0 saturated carbocycles. The molecule has 0 spiro atoms. The first-order chi connectivity index (χ1) is 14.7. The summed E-state index contributed by atoms with van der Waals surface area (Å²) in [5.74, 6) is 1.48. The van der Waals surface area contributed by atoms with Crippen LogP contribution in [-0.4, -0.2) is 28.5 Å². The molecule has 0 aliphatic carbocycles. The molecule has 6 nitrogen and oxygen atoms in total. The Labute approximate surface area is 217 Å². The molecule has 1 fully saturated rings. The first-order valence-corrected chi connectivity index (χ1v) is 11.0. The zero-order chi connectivity index (χ0) is 22.3. The van der Waals surface area contributed by atoms with Gasteiger partial charge >= 0.3 is 0 Å². The number of carbonyl (C=O) groups excluding carboxylic acids is 2. The molecule has 2 N–H and O–H groups in total. The second-order valence-corrected chi connectivity index (χ2v) is 9.31. The summed E-state index contributed by atoms with van der Waals surface area (Å²) in [7, 11) is 0. The number of hydrogen-bond donors (Lipinski definition) is 2. The first kappa shape index (κ1) is 24.8. The van der Waals surface area contributed by atoms with Crippen LogP contribution in [0.5, 0.6) is 17.2 Å². The maximum Gasteiger partial charge on any atom is 0.290 e. The Morgan fingerprint density at radius 1 is 1.22 bits per heavy atom. The molecular formula is C24H25NO5SY. The van der Waals surface area contributed by atoms with Crippen molar-refractivity contribution in [1.29, 1.82) is 0 Å². The Morgan fingerprint density at radius 2 is 1.97 bits per heavy atom. The van der Waals surface area contributed by atoms with Crippen LogP contribution in [0.25, 0.3) is 6.08 Å². The summed E-state index contributed by atoms with van der Waals surface area (Å²) >= 11 is 0.891. The molecule has 2 heterocycles. The van der Waals surface area contributed by atoms with Gasteiger partial charge in [0, 0.05) is 38.3 Å². The van der Waals surface area contributed by atoms with Gasteiger partial charge in [-0.3, -0.25) is 14.9 Å². The number of thioether (sulfide) groups is 1. The van der Waals surface area contributed by atoms with Crippen molar-refractivity contribution in [3.63, 3.8) is 0 Å². The van der Waals surface area contributed by atoms with Crippen molar-refractivity contribution in [2.24, 2.45) is 0 Å². The van der Waals surface area contributed by atoms with E-state index in [0.717, 1.165) is 58.2 Å². The molecule has 2 aromatic rings. The van der Waals surface area contributed by atoms with Gasteiger partial charge in [-0.05, 0) is 92.8 Å². The van der Waals surface area contributed by atoms with Gasteiger partial charge in [0.25, 0.3) is 11.1 Å². The fourth-order valence-corrected chi connectivity index (χ4v) is 4.58. The zero-order valence-electron chi connectivity index (χ0n) is 18.6. The van der Waals surface area contributed by atoms with Crippen LogP contribution in [0.4, 0.5) is 4.79 Å². The van der Waals surface area contributed by atoms with E-state index in [-0.39, 0.29) is 43.9 Å². The standard InChI is InChI=1S/C24H25NO5S.Y/c1-13-14(2)21-18(15(3)20(13)26)8-9-24(4,30-21)12-29-17-7-5-6-16(10-17)11-19-22(27)25-23(28)31-19;/h5-7,10-11,26H,8-9,12H2,1-4H3,(H,25,27,28);/b19-11-;. The van der Waals surface area contributed by atoms with Gasteiger partial charge in [0.1, 0.15) is 29.5 Å².